The Hall–Kier alpha value is -3.35. The summed E-state index contributed by atoms with van der Waals surface area (Å²) in [5, 5.41) is 16.9. The Morgan fingerprint density at radius 3 is 2.45 bits per heavy atom. The first-order valence-electron chi connectivity index (χ1n) is 6.45. The Balaban J connectivity index is 2.18. The smallest absolute Gasteiger partial charge is 0.328 e. The van der Waals surface area contributed by atoms with Crippen molar-refractivity contribution in [1.82, 2.24) is 24.7 Å². The van der Waals surface area contributed by atoms with Gasteiger partial charge < -0.3 is 5.11 Å². The Morgan fingerprint density at radius 1 is 1.05 bits per heavy atom. The second-order valence-corrected chi connectivity index (χ2v) is 4.29. The first kappa shape index (κ1) is 13.6. The summed E-state index contributed by atoms with van der Waals surface area (Å²) in [4.78, 5) is 19.2. The van der Waals surface area contributed by atoms with Crippen molar-refractivity contribution in [2.75, 3.05) is 0 Å². The van der Waals surface area contributed by atoms with Gasteiger partial charge in [-0.3, -0.25) is 9.55 Å². The van der Waals surface area contributed by atoms with E-state index < -0.39 is 5.97 Å². The van der Waals surface area contributed by atoms with Crippen LogP contribution in [-0.2, 0) is 4.79 Å². The lowest BCUT2D eigenvalue weighted by molar-refractivity contribution is -0.131. The molecular formula is C15H11N5O2. The van der Waals surface area contributed by atoms with Crippen molar-refractivity contribution in [3.8, 4) is 17.3 Å². The molecular weight excluding hydrogens is 282 g/mol. The topological polar surface area (TPSA) is 93.8 Å². The van der Waals surface area contributed by atoms with Crippen molar-refractivity contribution in [2.45, 2.75) is 0 Å². The number of rotatable bonds is 4. The number of hydrogen-bond acceptors (Lipinski definition) is 5. The molecule has 0 aliphatic carbocycles. The monoisotopic (exact) mass is 293 g/mol. The second kappa shape index (κ2) is 5.96. The summed E-state index contributed by atoms with van der Waals surface area (Å²) in [5.74, 6) is 0.374. The molecule has 0 saturated heterocycles. The molecule has 0 atom stereocenters. The number of carboxylic acid groups (broad SMARTS) is 1. The fraction of sp³-hybridized carbons (Fsp3) is 0. The summed E-state index contributed by atoms with van der Waals surface area (Å²) in [5.41, 5.74) is 0.621. The SMILES string of the molecule is O=C(O)/C=C/c1nnc(-c2ccccn2)n1-c1ccccn1. The molecule has 3 rings (SSSR count). The minimum atomic E-state index is -1.06. The molecule has 22 heavy (non-hydrogen) atoms. The van der Waals surface area contributed by atoms with E-state index in [9.17, 15) is 4.79 Å². The van der Waals surface area contributed by atoms with Crippen LogP contribution in [0.1, 0.15) is 5.82 Å². The maximum Gasteiger partial charge on any atom is 0.328 e. The van der Waals surface area contributed by atoms with Crippen LogP contribution in [0.4, 0.5) is 0 Å². The van der Waals surface area contributed by atoms with Crippen molar-refractivity contribution >= 4 is 12.0 Å². The van der Waals surface area contributed by atoms with Crippen molar-refractivity contribution in [1.29, 1.82) is 0 Å². The van der Waals surface area contributed by atoms with Gasteiger partial charge in [-0.2, -0.15) is 0 Å². The highest BCUT2D eigenvalue weighted by Crippen LogP contribution is 2.20. The first-order valence-corrected chi connectivity index (χ1v) is 6.45. The summed E-state index contributed by atoms with van der Waals surface area (Å²) < 4.78 is 1.65. The van der Waals surface area contributed by atoms with Crippen molar-refractivity contribution in [3.05, 3.63) is 60.7 Å². The van der Waals surface area contributed by atoms with Gasteiger partial charge in [0.15, 0.2) is 11.6 Å². The predicted molar refractivity (Wildman–Crippen MR) is 79.1 cm³/mol. The van der Waals surface area contributed by atoms with Crippen LogP contribution in [0.3, 0.4) is 0 Å². The van der Waals surface area contributed by atoms with Crippen molar-refractivity contribution in [2.24, 2.45) is 0 Å². The molecule has 0 spiro atoms. The zero-order valence-corrected chi connectivity index (χ0v) is 11.4. The predicted octanol–water partition coefficient (Wildman–Crippen LogP) is 1.82. The maximum absolute atomic E-state index is 10.7. The third kappa shape index (κ3) is 2.73. The normalized spacial score (nSPS) is 10.9. The molecule has 0 aromatic carbocycles. The van der Waals surface area contributed by atoms with Gasteiger partial charge in [0.2, 0.25) is 0 Å². The average Bonchev–Trinajstić information content (AvgIpc) is 2.98. The highest BCUT2D eigenvalue weighted by molar-refractivity contribution is 5.84. The molecule has 0 unspecified atom stereocenters. The van der Waals surface area contributed by atoms with Gasteiger partial charge in [0.05, 0.1) is 0 Å². The average molecular weight is 293 g/mol. The second-order valence-electron chi connectivity index (χ2n) is 4.29. The fourth-order valence-corrected chi connectivity index (χ4v) is 1.92. The van der Waals surface area contributed by atoms with E-state index in [0.717, 1.165) is 6.08 Å². The minimum Gasteiger partial charge on any atom is -0.478 e. The molecule has 0 fully saturated rings. The van der Waals surface area contributed by atoms with Crippen LogP contribution in [0.15, 0.2) is 54.9 Å². The Kier molecular flexibility index (Phi) is 3.69. The lowest BCUT2D eigenvalue weighted by atomic mass is 10.3. The van der Waals surface area contributed by atoms with Crippen molar-refractivity contribution < 1.29 is 9.90 Å². The van der Waals surface area contributed by atoms with Crippen LogP contribution in [0.2, 0.25) is 0 Å². The molecule has 7 nitrogen and oxygen atoms in total. The van der Waals surface area contributed by atoms with Gasteiger partial charge in [-0.05, 0) is 30.3 Å². The number of carboxylic acids is 1. The fourth-order valence-electron chi connectivity index (χ4n) is 1.92. The van der Waals surface area contributed by atoms with Crippen LogP contribution >= 0.6 is 0 Å². The molecule has 108 valence electrons. The van der Waals surface area contributed by atoms with E-state index >= 15 is 0 Å². The molecule has 0 bridgehead atoms. The minimum absolute atomic E-state index is 0.363. The largest absolute Gasteiger partial charge is 0.478 e. The lowest BCUT2D eigenvalue weighted by Crippen LogP contribution is -2.03. The maximum atomic E-state index is 10.7. The molecule has 0 aliphatic rings. The summed E-state index contributed by atoms with van der Waals surface area (Å²) in [6, 6.07) is 10.8. The van der Waals surface area contributed by atoms with E-state index in [0.29, 0.717) is 23.2 Å². The Labute approximate surface area is 125 Å². The zero-order valence-electron chi connectivity index (χ0n) is 11.4. The molecule has 0 aliphatic heterocycles. The van der Waals surface area contributed by atoms with Crippen molar-refractivity contribution in [3.63, 3.8) is 0 Å². The van der Waals surface area contributed by atoms with Crippen LogP contribution in [0, 0.1) is 0 Å². The highest BCUT2D eigenvalue weighted by Gasteiger charge is 2.15. The summed E-state index contributed by atoms with van der Waals surface area (Å²) in [7, 11) is 0. The van der Waals surface area contributed by atoms with E-state index in [1.54, 1.807) is 41.2 Å². The third-order valence-corrected chi connectivity index (χ3v) is 2.84. The molecule has 3 aromatic rings. The number of aromatic nitrogens is 5. The highest BCUT2D eigenvalue weighted by atomic mass is 16.4. The van der Waals surface area contributed by atoms with E-state index in [-0.39, 0.29) is 0 Å². The first-order chi connectivity index (χ1) is 10.8. The van der Waals surface area contributed by atoms with Gasteiger partial charge in [-0.15, -0.1) is 10.2 Å². The summed E-state index contributed by atoms with van der Waals surface area (Å²) in [6.45, 7) is 0. The van der Waals surface area contributed by atoms with Gasteiger partial charge in [0.1, 0.15) is 11.5 Å². The molecule has 3 aromatic heterocycles. The number of pyridine rings is 2. The molecule has 0 radical (unpaired) electrons. The summed E-state index contributed by atoms with van der Waals surface area (Å²) >= 11 is 0. The Morgan fingerprint density at radius 2 is 1.82 bits per heavy atom. The lowest BCUT2D eigenvalue weighted by Gasteiger charge is -2.06. The van der Waals surface area contributed by atoms with Gasteiger partial charge in [0.25, 0.3) is 0 Å². The molecule has 0 amide bonds. The quantitative estimate of drug-likeness (QED) is 0.737. The van der Waals surface area contributed by atoms with Gasteiger partial charge in [-0.1, -0.05) is 12.1 Å². The molecule has 7 heteroatoms. The van der Waals surface area contributed by atoms with Gasteiger partial charge >= 0.3 is 5.97 Å². The van der Waals surface area contributed by atoms with Crippen LogP contribution in [-0.4, -0.2) is 35.8 Å². The van der Waals surface area contributed by atoms with Crippen LogP contribution < -0.4 is 0 Å². The van der Waals surface area contributed by atoms with Crippen LogP contribution in [0.25, 0.3) is 23.4 Å². The van der Waals surface area contributed by atoms with Gasteiger partial charge in [0, 0.05) is 18.5 Å². The van der Waals surface area contributed by atoms with E-state index in [1.165, 1.54) is 6.08 Å². The zero-order chi connectivity index (χ0) is 15.4. The van der Waals surface area contributed by atoms with E-state index in [1.807, 2.05) is 12.1 Å². The number of carbonyl (C=O) groups is 1. The number of hydrogen-bond donors (Lipinski definition) is 1. The van der Waals surface area contributed by atoms with Gasteiger partial charge in [-0.25, -0.2) is 9.78 Å². The molecule has 3 heterocycles. The molecule has 1 N–H and O–H groups in total. The van der Waals surface area contributed by atoms with Crippen LogP contribution in [0.5, 0.6) is 0 Å². The third-order valence-electron chi connectivity index (χ3n) is 2.84. The molecule has 0 saturated carbocycles. The van der Waals surface area contributed by atoms with E-state index in [4.69, 9.17) is 5.11 Å². The van der Waals surface area contributed by atoms with E-state index in [2.05, 4.69) is 20.2 Å². The summed E-state index contributed by atoms with van der Waals surface area (Å²) in [6.07, 6.45) is 5.67. The number of aliphatic carboxylic acids is 1. The number of nitrogens with zero attached hydrogens (tertiary/aromatic N) is 5. The standard InChI is InChI=1S/C15H11N5O2/c21-14(22)8-7-13-18-19-15(11-5-1-3-9-16-11)20(13)12-6-2-4-10-17-12/h1-10H,(H,21,22)/b8-7+. The Bertz CT molecular complexity index is 812.